The summed E-state index contributed by atoms with van der Waals surface area (Å²) in [5.41, 5.74) is 1.01. The Balaban J connectivity index is 1.92. The molecule has 0 aromatic carbocycles. The largest absolute Gasteiger partial charge is 0.469 e. The molecular formula is C11H16N2O2. The Labute approximate surface area is 89.6 Å². The van der Waals surface area contributed by atoms with Crippen molar-refractivity contribution in [1.29, 1.82) is 0 Å². The SMILES string of the molecule is CCNCc1cccc(OC2COC2)n1. The molecule has 1 aliphatic rings. The average Bonchev–Trinajstić information content (AvgIpc) is 2.21. The minimum atomic E-state index is 0.187. The summed E-state index contributed by atoms with van der Waals surface area (Å²) in [5.74, 6) is 0.693. The number of hydrogen-bond acceptors (Lipinski definition) is 4. The van der Waals surface area contributed by atoms with E-state index >= 15 is 0 Å². The molecule has 0 radical (unpaired) electrons. The van der Waals surface area contributed by atoms with Gasteiger partial charge in [-0.05, 0) is 12.6 Å². The first-order valence-electron chi connectivity index (χ1n) is 5.29. The molecule has 1 saturated heterocycles. The van der Waals surface area contributed by atoms with Gasteiger partial charge in [0.05, 0.1) is 18.9 Å². The van der Waals surface area contributed by atoms with Gasteiger partial charge >= 0.3 is 0 Å². The number of nitrogens with zero attached hydrogens (tertiary/aromatic N) is 1. The summed E-state index contributed by atoms with van der Waals surface area (Å²) < 4.78 is 10.6. The second-order valence-electron chi connectivity index (χ2n) is 3.52. The Morgan fingerprint density at radius 1 is 1.53 bits per heavy atom. The Morgan fingerprint density at radius 2 is 2.40 bits per heavy atom. The monoisotopic (exact) mass is 208 g/mol. The quantitative estimate of drug-likeness (QED) is 0.783. The van der Waals surface area contributed by atoms with Crippen molar-refractivity contribution >= 4 is 0 Å². The topological polar surface area (TPSA) is 43.4 Å². The lowest BCUT2D eigenvalue weighted by Crippen LogP contribution is -2.38. The first kappa shape index (κ1) is 10.4. The van der Waals surface area contributed by atoms with Gasteiger partial charge < -0.3 is 14.8 Å². The van der Waals surface area contributed by atoms with E-state index < -0.39 is 0 Å². The highest BCUT2D eigenvalue weighted by Crippen LogP contribution is 2.13. The molecule has 1 N–H and O–H groups in total. The summed E-state index contributed by atoms with van der Waals surface area (Å²) in [6.45, 7) is 5.17. The van der Waals surface area contributed by atoms with Gasteiger partial charge in [0.15, 0.2) is 0 Å². The van der Waals surface area contributed by atoms with Crippen molar-refractivity contribution in [1.82, 2.24) is 10.3 Å². The molecule has 15 heavy (non-hydrogen) atoms. The molecule has 2 heterocycles. The van der Waals surface area contributed by atoms with Gasteiger partial charge in [-0.2, -0.15) is 0 Å². The lowest BCUT2D eigenvalue weighted by molar-refractivity contribution is -0.0813. The van der Waals surface area contributed by atoms with Gasteiger partial charge in [-0.1, -0.05) is 13.0 Å². The van der Waals surface area contributed by atoms with E-state index in [-0.39, 0.29) is 6.10 Å². The van der Waals surface area contributed by atoms with E-state index in [2.05, 4.69) is 17.2 Å². The van der Waals surface area contributed by atoms with Crippen LogP contribution in [0.4, 0.5) is 0 Å². The standard InChI is InChI=1S/C11H16N2O2/c1-2-12-6-9-4-3-5-11(13-9)15-10-7-14-8-10/h3-5,10,12H,2,6-8H2,1H3. The highest BCUT2D eigenvalue weighted by Gasteiger charge is 2.20. The van der Waals surface area contributed by atoms with Crippen LogP contribution in [0, 0.1) is 0 Å². The van der Waals surface area contributed by atoms with Gasteiger partial charge in [0.25, 0.3) is 0 Å². The van der Waals surface area contributed by atoms with E-state index in [0.717, 1.165) is 18.8 Å². The molecule has 4 heteroatoms. The fourth-order valence-electron chi connectivity index (χ4n) is 1.33. The lowest BCUT2D eigenvalue weighted by atomic mass is 10.3. The van der Waals surface area contributed by atoms with Crippen molar-refractivity contribution in [3.8, 4) is 5.88 Å². The van der Waals surface area contributed by atoms with Crippen LogP contribution in [0.15, 0.2) is 18.2 Å². The van der Waals surface area contributed by atoms with Gasteiger partial charge in [0, 0.05) is 12.6 Å². The predicted octanol–water partition coefficient (Wildman–Crippen LogP) is 0.969. The van der Waals surface area contributed by atoms with E-state index in [4.69, 9.17) is 9.47 Å². The number of pyridine rings is 1. The molecular weight excluding hydrogens is 192 g/mol. The zero-order valence-electron chi connectivity index (χ0n) is 8.90. The first-order valence-corrected chi connectivity index (χ1v) is 5.29. The third-order valence-electron chi connectivity index (χ3n) is 2.23. The fourth-order valence-corrected chi connectivity index (χ4v) is 1.33. The molecule has 82 valence electrons. The molecule has 1 fully saturated rings. The molecule has 0 saturated carbocycles. The summed E-state index contributed by atoms with van der Waals surface area (Å²) >= 11 is 0. The second kappa shape index (κ2) is 5.09. The lowest BCUT2D eigenvalue weighted by Gasteiger charge is -2.26. The van der Waals surface area contributed by atoms with Crippen LogP contribution in [0.3, 0.4) is 0 Å². The van der Waals surface area contributed by atoms with Gasteiger partial charge in [-0.3, -0.25) is 0 Å². The maximum Gasteiger partial charge on any atom is 0.213 e. The highest BCUT2D eigenvalue weighted by molar-refractivity contribution is 5.16. The summed E-state index contributed by atoms with van der Waals surface area (Å²) in [7, 11) is 0. The Morgan fingerprint density at radius 3 is 3.07 bits per heavy atom. The molecule has 0 bridgehead atoms. The molecule has 0 amide bonds. The van der Waals surface area contributed by atoms with Gasteiger partial charge in [0.2, 0.25) is 5.88 Å². The molecule has 1 aliphatic heterocycles. The zero-order chi connectivity index (χ0) is 10.5. The summed E-state index contributed by atoms with van der Waals surface area (Å²) in [6, 6.07) is 5.84. The fraction of sp³-hybridized carbons (Fsp3) is 0.545. The molecule has 0 aliphatic carbocycles. The van der Waals surface area contributed by atoms with Crippen molar-refractivity contribution in [3.63, 3.8) is 0 Å². The molecule has 0 spiro atoms. The third kappa shape index (κ3) is 2.91. The first-order chi connectivity index (χ1) is 7.38. The Kier molecular flexibility index (Phi) is 3.53. The van der Waals surface area contributed by atoms with Crippen molar-refractivity contribution in [2.75, 3.05) is 19.8 Å². The summed E-state index contributed by atoms with van der Waals surface area (Å²) in [5, 5.41) is 3.23. The molecule has 1 aromatic heterocycles. The molecule has 4 nitrogen and oxygen atoms in total. The normalized spacial score (nSPS) is 16.1. The second-order valence-corrected chi connectivity index (χ2v) is 3.52. The Hall–Kier alpha value is -1.13. The zero-order valence-corrected chi connectivity index (χ0v) is 8.90. The number of ether oxygens (including phenoxy) is 2. The molecule has 0 unspecified atom stereocenters. The van der Waals surface area contributed by atoms with E-state index in [9.17, 15) is 0 Å². The van der Waals surface area contributed by atoms with Crippen molar-refractivity contribution in [3.05, 3.63) is 23.9 Å². The minimum absolute atomic E-state index is 0.187. The minimum Gasteiger partial charge on any atom is -0.469 e. The average molecular weight is 208 g/mol. The number of rotatable bonds is 5. The van der Waals surface area contributed by atoms with Gasteiger partial charge in [-0.25, -0.2) is 4.98 Å². The van der Waals surface area contributed by atoms with E-state index in [0.29, 0.717) is 19.1 Å². The summed E-state index contributed by atoms with van der Waals surface area (Å²) in [4.78, 5) is 4.39. The molecule has 2 rings (SSSR count). The van der Waals surface area contributed by atoms with Crippen LogP contribution < -0.4 is 10.1 Å². The van der Waals surface area contributed by atoms with Crippen LogP contribution in [0.5, 0.6) is 5.88 Å². The van der Waals surface area contributed by atoms with Gasteiger partial charge in [-0.15, -0.1) is 0 Å². The van der Waals surface area contributed by atoms with E-state index in [1.54, 1.807) is 0 Å². The van der Waals surface area contributed by atoms with Crippen LogP contribution in [-0.4, -0.2) is 30.8 Å². The molecule has 0 atom stereocenters. The van der Waals surface area contributed by atoms with Crippen LogP contribution in [0.1, 0.15) is 12.6 Å². The van der Waals surface area contributed by atoms with Crippen LogP contribution in [-0.2, 0) is 11.3 Å². The van der Waals surface area contributed by atoms with Gasteiger partial charge in [0.1, 0.15) is 6.10 Å². The number of hydrogen-bond donors (Lipinski definition) is 1. The van der Waals surface area contributed by atoms with E-state index in [1.165, 1.54) is 0 Å². The van der Waals surface area contributed by atoms with E-state index in [1.807, 2.05) is 18.2 Å². The van der Waals surface area contributed by atoms with Crippen molar-refractivity contribution < 1.29 is 9.47 Å². The van der Waals surface area contributed by atoms with Crippen LogP contribution in [0.25, 0.3) is 0 Å². The molecule has 1 aromatic rings. The number of aromatic nitrogens is 1. The van der Waals surface area contributed by atoms with Crippen LogP contribution in [0.2, 0.25) is 0 Å². The smallest absolute Gasteiger partial charge is 0.213 e. The Bertz CT molecular complexity index is 313. The van der Waals surface area contributed by atoms with Crippen LogP contribution >= 0.6 is 0 Å². The summed E-state index contributed by atoms with van der Waals surface area (Å²) in [6.07, 6.45) is 0.187. The highest BCUT2D eigenvalue weighted by atomic mass is 16.6. The van der Waals surface area contributed by atoms with Crippen molar-refractivity contribution in [2.24, 2.45) is 0 Å². The maximum absolute atomic E-state index is 5.61. The maximum atomic E-state index is 5.61. The van der Waals surface area contributed by atoms with Crippen molar-refractivity contribution in [2.45, 2.75) is 19.6 Å². The predicted molar refractivity (Wildman–Crippen MR) is 56.9 cm³/mol. The third-order valence-corrected chi connectivity index (χ3v) is 2.23. The number of nitrogens with one attached hydrogen (secondary N) is 1.